The van der Waals surface area contributed by atoms with Crippen LogP contribution in [0.1, 0.15) is 47.2 Å². The topological polar surface area (TPSA) is 106 Å². The van der Waals surface area contributed by atoms with Crippen LogP contribution in [0, 0.1) is 6.92 Å². The molecule has 2 heterocycles. The van der Waals surface area contributed by atoms with Gasteiger partial charge in [0.25, 0.3) is 17.4 Å². The van der Waals surface area contributed by atoms with E-state index in [0.717, 1.165) is 0 Å². The first-order chi connectivity index (χ1) is 13.1. The summed E-state index contributed by atoms with van der Waals surface area (Å²) in [5.74, 6) is -0.366. The van der Waals surface area contributed by atoms with Gasteiger partial charge in [-0.15, -0.1) is 0 Å². The molecule has 28 heavy (non-hydrogen) atoms. The molecule has 8 nitrogen and oxygen atoms in total. The number of benzene rings is 1. The van der Waals surface area contributed by atoms with Crippen molar-refractivity contribution in [1.82, 2.24) is 14.9 Å². The van der Waals surface area contributed by atoms with E-state index in [0.29, 0.717) is 17.0 Å². The number of aryl methyl sites for hydroxylation is 2. The summed E-state index contributed by atoms with van der Waals surface area (Å²) in [7, 11) is 1.56. The zero-order valence-corrected chi connectivity index (χ0v) is 16.4. The Morgan fingerprint density at radius 1 is 1.11 bits per heavy atom. The van der Waals surface area contributed by atoms with E-state index in [-0.39, 0.29) is 33.7 Å². The fourth-order valence-electron chi connectivity index (χ4n) is 2.77. The highest BCUT2D eigenvalue weighted by molar-refractivity contribution is 6.12. The van der Waals surface area contributed by atoms with Crippen molar-refractivity contribution in [1.29, 1.82) is 0 Å². The predicted octanol–water partition coefficient (Wildman–Crippen LogP) is 2.62. The molecule has 0 bridgehead atoms. The molecule has 0 aliphatic rings. The molecule has 2 amide bonds. The molecule has 0 unspecified atom stereocenters. The molecule has 3 aromatic rings. The van der Waals surface area contributed by atoms with Gasteiger partial charge in [0.05, 0.1) is 5.56 Å². The summed E-state index contributed by atoms with van der Waals surface area (Å²) >= 11 is 0. The van der Waals surface area contributed by atoms with E-state index >= 15 is 0 Å². The van der Waals surface area contributed by atoms with E-state index in [1.54, 1.807) is 38.2 Å². The van der Waals surface area contributed by atoms with Crippen LogP contribution in [0.4, 0.5) is 5.69 Å². The maximum absolute atomic E-state index is 12.8. The Kier molecular flexibility index (Phi) is 4.80. The predicted molar refractivity (Wildman–Crippen MR) is 106 cm³/mol. The van der Waals surface area contributed by atoms with Crippen molar-refractivity contribution in [2.75, 3.05) is 5.32 Å². The average molecular weight is 382 g/mol. The summed E-state index contributed by atoms with van der Waals surface area (Å²) in [6, 6.07) is 6.50. The minimum atomic E-state index is -0.478. The number of carbonyl (C=O) groups is 2. The van der Waals surface area contributed by atoms with Gasteiger partial charge in [-0.1, -0.05) is 0 Å². The third-order valence-electron chi connectivity index (χ3n) is 4.07. The Morgan fingerprint density at radius 2 is 1.75 bits per heavy atom. The minimum absolute atomic E-state index is 0.125. The monoisotopic (exact) mass is 382 g/mol. The van der Waals surface area contributed by atoms with E-state index in [2.05, 4.69) is 15.6 Å². The Hall–Kier alpha value is -3.42. The maximum atomic E-state index is 12.8. The maximum Gasteiger partial charge on any atom is 0.265 e. The Balaban J connectivity index is 1.85. The van der Waals surface area contributed by atoms with Crippen LogP contribution in [0.3, 0.4) is 0 Å². The average Bonchev–Trinajstić information content (AvgIpc) is 2.94. The van der Waals surface area contributed by atoms with Gasteiger partial charge in [0.1, 0.15) is 17.5 Å². The van der Waals surface area contributed by atoms with Crippen molar-refractivity contribution in [2.45, 2.75) is 33.2 Å². The molecule has 2 aromatic heterocycles. The standard InChI is InChI=1S/C20H22N4O4/c1-11-14(15-18(28-11)21-10-24(5)19(15)27)17(26)22-13-8-6-12(7-9-13)16(25)23-20(2,3)4/h6-10H,1-5H3,(H,22,26)(H,23,25). The molecule has 0 aliphatic carbocycles. The van der Waals surface area contributed by atoms with Crippen LogP contribution in [0.5, 0.6) is 0 Å². The molecule has 0 radical (unpaired) electrons. The van der Waals surface area contributed by atoms with Crippen molar-refractivity contribution in [3.63, 3.8) is 0 Å². The molecule has 1 aromatic carbocycles. The van der Waals surface area contributed by atoms with Gasteiger partial charge < -0.3 is 19.6 Å². The number of rotatable bonds is 3. The first-order valence-electron chi connectivity index (χ1n) is 8.75. The molecule has 0 atom stereocenters. The second kappa shape index (κ2) is 6.95. The number of aromatic nitrogens is 2. The van der Waals surface area contributed by atoms with Crippen LogP contribution in [0.2, 0.25) is 0 Å². The fraction of sp³-hybridized carbons (Fsp3) is 0.300. The molecule has 3 rings (SSSR count). The van der Waals surface area contributed by atoms with E-state index in [1.807, 2.05) is 20.8 Å². The van der Waals surface area contributed by atoms with Gasteiger partial charge in [-0.25, -0.2) is 4.98 Å². The number of nitrogens with zero attached hydrogens (tertiary/aromatic N) is 2. The van der Waals surface area contributed by atoms with Crippen molar-refractivity contribution >= 4 is 28.6 Å². The molecule has 2 N–H and O–H groups in total. The summed E-state index contributed by atoms with van der Waals surface area (Å²) in [4.78, 5) is 41.4. The number of hydrogen-bond donors (Lipinski definition) is 2. The van der Waals surface area contributed by atoms with Gasteiger partial charge in [0, 0.05) is 23.8 Å². The van der Waals surface area contributed by atoms with Crippen molar-refractivity contribution < 1.29 is 14.0 Å². The summed E-state index contributed by atoms with van der Waals surface area (Å²) in [5.41, 5.74) is 0.548. The summed E-state index contributed by atoms with van der Waals surface area (Å²) < 4.78 is 6.74. The largest absolute Gasteiger partial charge is 0.442 e. The van der Waals surface area contributed by atoms with E-state index < -0.39 is 5.91 Å². The molecule has 8 heteroatoms. The van der Waals surface area contributed by atoms with Crippen molar-refractivity contribution in [3.05, 3.63) is 57.8 Å². The molecule has 146 valence electrons. The molecule has 0 saturated carbocycles. The lowest BCUT2D eigenvalue weighted by atomic mass is 10.1. The number of nitrogens with one attached hydrogen (secondary N) is 2. The lowest BCUT2D eigenvalue weighted by molar-refractivity contribution is 0.0919. The fourth-order valence-corrected chi connectivity index (χ4v) is 2.77. The van der Waals surface area contributed by atoms with Crippen LogP contribution < -0.4 is 16.2 Å². The van der Waals surface area contributed by atoms with Crippen LogP contribution in [0.25, 0.3) is 11.1 Å². The quantitative estimate of drug-likeness (QED) is 0.724. The molecule has 0 fully saturated rings. The number of amides is 2. The van der Waals surface area contributed by atoms with E-state index in [9.17, 15) is 14.4 Å². The SMILES string of the molecule is Cc1oc2ncn(C)c(=O)c2c1C(=O)Nc1ccc(C(=O)NC(C)(C)C)cc1. The van der Waals surface area contributed by atoms with Crippen LogP contribution in [0.15, 0.2) is 39.8 Å². The summed E-state index contributed by atoms with van der Waals surface area (Å²) in [6.07, 6.45) is 1.34. The van der Waals surface area contributed by atoms with Crippen molar-refractivity contribution in [3.8, 4) is 0 Å². The molecular formula is C20H22N4O4. The number of furan rings is 1. The van der Waals surface area contributed by atoms with Gasteiger partial charge in [-0.05, 0) is 52.0 Å². The van der Waals surface area contributed by atoms with Gasteiger partial charge in [-0.2, -0.15) is 0 Å². The van der Waals surface area contributed by atoms with Gasteiger partial charge in [0.2, 0.25) is 5.71 Å². The highest BCUT2D eigenvalue weighted by atomic mass is 16.3. The van der Waals surface area contributed by atoms with E-state index in [1.165, 1.54) is 10.9 Å². The normalized spacial score (nSPS) is 11.5. The zero-order chi connectivity index (χ0) is 20.6. The second-order valence-electron chi connectivity index (χ2n) is 7.61. The van der Waals surface area contributed by atoms with E-state index in [4.69, 9.17) is 4.42 Å². The first kappa shape index (κ1) is 19.3. The third-order valence-corrected chi connectivity index (χ3v) is 4.07. The molecule has 0 saturated heterocycles. The number of fused-ring (bicyclic) bond motifs is 1. The molecular weight excluding hydrogens is 360 g/mol. The lowest BCUT2D eigenvalue weighted by Crippen LogP contribution is -2.40. The minimum Gasteiger partial charge on any atom is -0.442 e. The highest BCUT2D eigenvalue weighted by Crippen LogP contribution is 2.22. The number of hydrogen-bond acceptors (Lipinski definition) is 5. The summed E-state index contributed by atoms with van der Waals surface area (Å²) in [6.45, 7) is 7.30. The van der Waals surface area contributed by atoms with Crippen LogP contribution >= 0.6 is 0 Å². The van der Waals surface area contributed by atoms with Crippen molar-refractivity contribution in [2.24, 2.45) is 7.05 Å². The lowest BCUT2D eigenvalue weighted by Gasteiger charge is -2.20. The third kappa shape index (κ3) is 3.80. The van der Waals surface area contributed by atoms with Crippen LogP contribution in [-0.4, -0.2) is 26.9 Å². The smallest absolute Gasteiger partial charge is 0.265 e. The Morgan fingerprint density at radius 3 is 2.36 bits per heavy atom. The van der Waals surface area contributed by atoms with Gasteiger partial charge >= 0.3 is 0 Å². The zero-order valence-electron chi connectivity index (χ0n) is 16.4. The Labute approximate surface area is 161 Å². The second-order valence-corrected chi connectivity index (χ2v) is 7.61. The first-order valence-corrected chi connectivity index (χ1v) is 8.75. The van der Waals surface area contributed by atoms with Gasteiger partial charge in [-0.3, -0.25) is 14.4 Å². The Bertz CT molecular complexity index is 1120. The number of carbonyl (C=O) groups excluding carboxylic acids is 2. The molecule has 0 spiro atoms. The van der Waals surface area contributed by atoms with Crippen LogP contribution in [-0.2, 0) is 7.05 Å². The summed E-state index contributed by atoms with van der Waals surface area (Å²) in [5, 5.41) is 5.75. The highest BCUT2D eigenvalue weighted by Gasteiger charge is 2.22. The number of anilines is 1. The molecule has 0 aliphatic heterocycles. The van der Waals surface area contributed by atoms with Gasteiger partial charge in [0.15, 0.2) is 0 Å².